The molecule has 8 N–H and O–H groups in total. The monoisotopic (exact) mass is 360 g/mol. The van der Waals surface area contributed by atoms with Crippen LogP contribution in [0.5, 0.6) is 11.5 Å². The summed E-state index contributed by atoms with van der Waals surface area (Å²) in [5.74, 6) is -2.53. The molecule has 0 radical (unpaired) electrons. The number of aromatic hydroxyl groups is 2. The van der Waals surface area contributed by atoms with Crippen molar-refractivity contribution in [2.24, 2.45) is 11.5 Å². The van der Waals surface area contributed by atoms with Gasteiger partial charge in [-0.15, -0.1) is 0 Å². The van der Waals surface area contributed by atoms with Gasteiger partial charge in [0.05, 0.1) is 0 Å². The molecule has 0 saturated carbocycles. The van der Waals surface area contributed by atoms with Crippen molar-refractivity contribution in [3.63, 3.8) is 0 Å². The van der Waals surface area contributed by atoms with Crippen LogP contribution in [0.25, 0.3) is 11.1 Å². The fourth-order valence-electron chi connectivity index (χ4n) is 2.53. The lowest BCUT2D eigenvalue weighted by Gasteiger charge is -2.13. The van der Waals surface area contributed by atoms with Crippen LogP contribution in [-0.2, 0) is 22.4 Å². The largest absolute Gasteiger partial charge is 0.507 e. The maximum Gasteiger partial charge on any atom is 0.320 e. The van der Waals surface area contributed by atoms with E-state index in [-0.39, 0.29) is 35.5 Å². The van der Waals surface area contributed by atoms with E-state index in [0.717, 1.165) is 0 Å². The number of phenolic OH excluding ortho intramolecular Hbond substituents is 2. The predicted octanol–water partition coefficient (Wildman–Crippen LogP) is 0.674. The predicted molar refractivity (Wildman–Crippen MR) is 93.8 cm³/mol. The van der Waals surface area contributed by atoms with Crippen LogP contribution in [0.4, 0.5) is 0 Å². The van der Waals surface area contributed by atoms with Crippen molar-refractivity contribution in [3.8, 4) is 22.6 Å². The molecule has 26 heavy (non-hydrogen) atoms. The van der Waals surface area contributed by atoms with E-state index < -0.39 is 24.0 Å². The maximum absolute atomic E-state index is 10.9. The molecule has 0 aliphatic heterocycles. The van der Waals surface area contributed by atoms with E-state index in [9.17, 15) is 19.8 Å². The molecule has 2 rings (SSSR count). The Bertz CT molecular complexity index is 767. The number of carboxylic acid groups (broad SMARTS) is 2. The van der Waals surface area contributed by atoms with Crippen molar-refractivity contribution < 1.29 is 30.0 Å². The highest BCUT2D eigenvalue weighted by Crippen LogP contribution is 2.37. The van der Waals surface area contributed by atoms with Crippen molar-refractivity contribution in [1.29, 1.82) is 0 Å². The van der Waals surface area contributed by atoms with Gasteiger partial charge in [0.1, 0.15) is 23.6 Å². The Labute approximate surface area is 149 Å². The van der Waals surface area contributed by atoms with Gasteiger partial charge in [-0.25, -0.2) is 0 Å². The molecule has 0 aliphatic rings. The number of nitrogens with two attached hydrogens (primary N) is 2. The molecule has 138 valence electrons. The summed E-state index contributed by atoms with van der Waals surface area (Å²) in [6.07, 6.45) is 0.0971. The first-order valence-corrected chi connectivity index (χ1v) is 7.80. The minimum Gasteiger partial charge on any atom is -0.507 e. The number of aliphatic carboxylic acids is 2. The molecular weight excluding hydrogens is 340 g/mol. The summed E-state index contributed by atoms with van der Waals surface area (Å²) in [5, 5.41) is 38.1. The van der Waals surface area contributed by atoms with Gasteiger partial charge >= 0.3 is 11.9 Å². The molecule has 2 aromatic rings. The maximum atomic E-state index is 10.9. The zero-order chi connectivity index (χ0) is 19.4. The van der Waals surface area contributed by atoms with Crippen LogP contribution >= 0.6 is 0 Å². The van der Waals surface area contributed by atoms with E-state index in [2.05, 4.69) is 0 Å². The number of carboxylic acids is 2. The van der Waals surface area contributed by atoms with Crippen molar-refractivity contribution in [2.75, 3.05) is 0 Å². The first-order valence-electron chi connectivity index (χ1n) is 7.80. The number of hydrogen-bond acceptors (Lipinski definition) is 6. The third-order valence-corrected chi connectivity index (χ3v) is 3.96. The molecule has 0 aromatic heterocycles. The molecule has 0 amide bonds. The Morgan fingerprint density at radius 3 is 1.42 bits per heavy atom. The Morgan fingerprint density at radius 2 is 1.12 bits per heavy atom. The zero-order valence-corrected chi connectivity index (χ0v) is 13.8. The minimum atomic E-state index is -1.15. The summed E-state index contributed by atoms with van der Waals surface area (Å²) >= 11 is 0. The van der Waals surface area contributed by atoms with Crippen LogP contribution < -0.4 is 11.5 Å². The third kappa shape index (κ3) is 4.50. The molecule has 2 atom stereocenters. The Balaban J connectivity index is 2.40. The van der Waals surface area contributed by atoms with Crippen LogP contribution in [-0.4, -0.2) is 44.4 Å². The van der Waals surface area contributed by atoms with Gasteiger partial charge in [0.25, 0.3) is 0 Å². The minimum absolute atomic E-state index is 0.0486. The Hall–Kier alpha value is -3.10. The third-order valence-electron chi connectivity index (χ3n) is 3.96. The summed E-state index contributed by atoms with van der Waals surface area (Å²) in [5.41, 5.74) is 12.8. The highest BCUT2D eigenvalue weighted by Gasteiger charge is 2.17. The van der Waals surface area contributed by atoms with Gasteiger partial charge in [0.15, 0.2) is 0 Å². The second kappa shape index (κ2) is 7.85. The van der Waals surface area contributed by atoms with Crippen molar-refractivity contribution in [3.05, 3.63) is 47.5 Å². The lowest BCUT2D eigenvalue weighted by Crippen LogP contribution is -2.32. The average Bonchev–Trinajstić information content (AvgIpc) is 2.58. The van der Waals surface area contributed by atoms with Crippen LogP contribution in [0.1, 0.15) is 11.1 Å². The van der Waals surface area contributed by atoms with Gasteiger partial charge in [0, 0.05) is 11.1 Å². The molecule has 0 fully saturated rings. The van der Waals surface area contributed by atoms with E-state index >= 15 is 0 Å². The lowest BCUT2D eigenvalue weighted by atomic mass is 9.95. The van der Waals surface area contributed by atoms with Crippen LogP contribution in [0.2, 0.25) is 0 Å². The second-order valence-electron chi connectivity index (χ2n) is 6.00. The Morgan fingerprint density at radius 1 is 0.769 bits per heavy atom. The van der Waals surface area contributed by atoms with Crippen molar-refractivity contribution in [1.82, 2.24) is 0 Å². The molecule has 8 heteroatoms. The number of benzene rings is 2. The molecular formula is C18H20N2O6. The first-order chi connectivity index (χ1) is 12.2. The molecule has 2 aromatic carbocycles. The standard InChI is InChI=1S/C18H20N2O6/c19-13(17(23)24)7-9-1-3-15(21)11(5-9)12-6-10(2-4-16(12)22)8-14(20)18(25)26/h1-6,13-14,21-22H,7-8,19-20H2,(H,23,24)(H,25,26). The number of hydrogen-bond donors (Lipinski definition) is 6. The van der Waals surface area contributed by atoms with Crippen LogP contribution in [0.3, 0.4) is 0 Å². The van der Waals surface area contributed by atoms with E-state index in [4.69, 9.17) is 21.7 Å². The smallest absolute Gasteiger partial charge is 0.320 e. The van der Waals surface area contributed by atoms with Gasteiger partial charge < -0.3 is 31.9 Å². The highest BCUT2D eigenvalue weighted by molar-refractivity contribution is 5.78. The van der Waals surface area contributed by atoms with Crippen LogP contribution in [0, 0.1) is 0 Å². The highest BCUT2D eigenvalue weighted by atomic mass is 16.4. The van der Waals surface area contributed by atoms with E-state index in [1.807, 2.05) is 0 Å². The van der Waals surface area contributed by atoms with Gasteiger partial charge in [-0.05, 0) is 48.2 Å². The normalized spacial score (nSPS) is 13.2. The molecule has 2 unspecified atom stereocenters. The topological polar surface area (TPSA) is 167 Å². The first kappa shape index (κ1) is 19.2. The SMILES string of the molecule is NC(Cc1ccc(O)c(-c2cc(CC(N)C(=O)O)ccc2O)c1)C(=O)O. The van der Waals surface area contributed by atoms with E-state index in [0.29, 0.717) is 11.1 Å². The van der Waals surface area contributed by atoms with Crippen molar-refractivity contribution >= 4 is 11.9 Å². The fraction of sp³-hybridized carbons (Fsp3) is 0.222. The molecule has 0 spiro atoms. The molecule has 0 heterocycles. The average molecular weight is 360 g/mol. The summed E-state index contributed by atoms with van der Waals surface area (Å²) in [6, 6.07) is 6.73. The summed E-state index contributed by atoms with van der Waals surface area (Å²) < 4.78 is 0. The van der Waals surface area contributed by atoms with Gasteiger partial charge in [-0.1, -0.05) is 12.1 Å². The van der Waals surface area contributed by atoms with Gasteiger partial charge in [-0.2, -0.15) is 0 Å². The van der Waals surface area contributed by atoms with Crippen LogP contribution in [0.15, 0.2) is 36.4 Å². The van der Waals surface area contributed by atoms with Crippen molar-refractivity contribution in [2.45, 2.75) is 24.9 Å². The summed E-state index contributed by atoms with van der Waals surface area (Å²) in [4.78, 5) is 21.8. The number of carbonyl (C=O) groups is 2. The second-order valence-corrected chi connectivity index (χ2v) is 6.00. The summed E-state index contributed by atoms with van der Waals surface area (Å²) in [6.45, 7) is 0. The fourth-order valence-corrected chi connectivity index (χ4v) is 2.53. The molecule has 0 aliphatic carbocycles. The van der Waals surface area contributed by atoms with Gasteiger partial charge in [0.2, 0.25) is 0 Å². The molecule has 0 bridgehead atoms. The van der Waals surface area contributed by atoms with Gasteiger partial charge in [-0.3, -0.25) is 9.59 Å². The molecule has 0 saturated heterocycles. The zero-order valence-electron chi connectivity index (χ0n) is 13.8. The molecule has 8 nitrogen and oxygen atoms in total. The quantitative estimate of drug-likeness (QED) is 0.419. The lowest BCUT2D eigenvalue weighted by molar-refractivity contribution is -0.139. The Kier molecular flexibility index (Phi) is 5.81. The number of phenols is 2. The van der Waals surface area contributed by atoms with E-state index in [1.54, 1.807) is 12.1 Å². The van der Waals surface area contributed by atoms with E-state index in [1.165, 1.54) is 24.3 Å². The number of rotatable bonds is 7. The summed E-state index contributed by atoms with van der Waals surface area (Å²) in [7, 11) is 0.